The molecule has 66 valence electrons. The fraction of sp³-hybridized carbons (Fsp3) is 0.625. The molecule has 0 fully saturated rings. The topological polar surface area (TPSA) is 63.9 Å². The number of nitrogens with one attached hydrogen (secondary N) is 1. The molecule has 4 heteroatoms. The average molecular weight is 167 g/mol. The minimum absolute atomic E-state index is 0.0252. The molecule has 3 N–H and O–H groups in total. The van der Waals surface area contributed by atoms with Crippen LogP contribution in [0.3, 0.4) is 0 Å². The van der Waals surface area contributed by atoms with Crippen LogP contribution in [0.15, 0.2) is 0 Å². The maximum atomic E-state index is 5.69. The van der Waals surface area contributed by atoms with Gasteiger partial charge in [-0.1, -0.05) is 0 Å². The molecule has 0 saturated carbocycles. The van der Waals surface area contributed by atoms with Crippen LogP contribution in [0.2, 0.25) is 0 Å². The zero-order chi connectivity index (χ0) is 8.72. The van der Waals surface area contributed by atoms with E-state index in [0.717, 1.165) is 17.2 Å². The van der Waals surface area contributed by atoms with Crippen molar-refractivity contribution in [2.45, 2.75) is 32.6 Å². The molecule has 2 rings (SSSR count). The average Bonchev–Trinajstić information content (AvgIpc) is 2.53. The Morgan fingerprint density at radius 3 is 3.08 bits per heavy atom. The molecule has 1 aliphatic heterocycles. The molecular formula is C8H13N3O. The lowest BCUT2D eigenvalue weighted by Crippen LogP contribution is -2.07. The number of aromatic amines is 1. The summed E-state index contributed by atoms with van der Waals surface area (Å²) >= 11 is 0. The molecule has 0 amide bonds. The van der Waals surface area contributed by atoms with Gasteiger partial charge >= 0.3 is 0 Å². The zero-order valence-corrected chi connectivity index (χ0v) is 7.29. The van der Waals surface area contributed by atoms with Crippen LogP contribution < -0.4 is 5.73 Å². The molecule has 0 aromatic carbocycles. The van der Waals surface area contributed by atoms with Gasteiger partial charge in [-0.2, -0.15) is 0 Å². The Hall–Kier alpha value is -0.870. The Labute approximate surface area is 71.1 Å². The van der Waals surface area contributed by atoms with E-state index in [-0.39, 0.29) is 12.1 Å². The van der Waals surface area contributed by atoms with E-state index in [1.54, 1.807) is 0 Å². The first-order valence-electron chi connectivity index (χ1n) is 4.14. The number of hydrogen-bond acceptors (Lipinski definition) is 3. The highest BCUT2D eigenvalue weighted by Gasteiger charge is 2.24. The molecule has 0 spiro atoms. The van der Waals surface area contributed by atoms with Gasteiger partial charge in [0.15, 0.2) is 0 Å². The van der Waals surface area contributed by atoms with Gasteiger partial charge in [-0.25, -0.2) is 4.98 Å². The molecule has 0 radical (unpaired) electrons. The van der Waals surface area contributed by atoms with E-state index >= 15 is 0 Å². The van der Waals surface area contributed by atoms with Crippen LogP contribution in [0.1, 0.15) is 43.2 Å². The summed E-state index contributed by atoms with van der Waals surface area (Å²) in [5, 5.41) is 0. The van der Waals surface area contributed by atoms with Gasteiger partial charge in [-0.3, -0.25) is 0 Å². The SMILES string of the molecule is CC1OCc2[nH]c([C@@H](C)N)nc21. The summed E-state index contributed by atoms with van der Waals surface area (Å²) in [6.45, 7) is 4.55. The van der Waals surface area contributed by atoms with Crippen LogP contribution in [-0.4, -0.2) is 9.97 Å². The van der Waals surface area contributed by atoms with Gasteiger partial charge in [-0.05, 0) is 13.8 Å². The maximum absolute atomic E-state index is 5.69. The van der Waals surface area contributed by atoms with Gasteiger partial charge in [0.25, 0.3) is 0 Å². The van der Waals surface area contributed by atoms with Gasteiger partial charge in [0.05, 0.1) is 30.1 Å². The molecule has 0 bridgehead atoms. The molecular weight excluding hydrogens is 154 g/mol. The number of aromatic nitrogens is 2. The summed E-state index contributed by atoms with van der Waals surface area (Å²) in [5.74, 6) is 0.857. The Morgan fingerprint density at radius 2 is 2.50 bits per heavy atom. The van der Waals surface area contributed by atoms with Gasteiger partial charge < -0.3 is 15.5 Å². The maximum Gasteiger partial charge on any atom is 0.123 e. The van der Waals surface area contributed by atoms with Gasteiger partial charge in [0.1, 0.15) is 5.82 Å². The third kappa shape index (κ3) is 1.04. The summed E-state index contributed by atoms with van der Waals surface area (Å²) in [4.78, 5) is 7.53. The Kier molecular flexibility index (Phi) is 1.66. The van der Waals surface area contributed by atoms with Crippen molar-refractivity contribution in [3.05, 3.63) is 17.2 Å². The van der Waals surface area contributed by atoms with E-state index in [9.17, 15) is 0 Å². The largest absolute Gasteiger partial charge is 0.366 e. The lowest BCUT2D eigenvalue weighted by Gasteiger charge is -2.02. The predicted molar refractivity (Wildman–Crippen MR) is 44.4 cm³/mol. The Bertz CT molecular complexity index is 292. The summed E-state index contributed by atoms with van der Waals surface area (Å²) < 4.78 is 5.36. The molecule has 2 atom stereocenters. The van der Waals surface area contributed by atoms with Crippen molar-refractivity contribution in [3.8, 4) is 0 Å². The van der Waals surface area contributed by atoms with E-state index < -0.39 is 0 Å². The fourth-order valence-electron chi connectivity index (χ4n) is 1.39. The van der Waals surface area contributed by atoms with Crippen LogP contribution in [0.25, 0.3) is 0 Å². The number of rotatable bonds is 1. The van der Waals surface area contributed by atoms with Crippen LogP contribution in [0.4, 0.5) is 0 Å². The summed E-state index contributed by atoms with van der Waals surface area (Å²) in [6.07, 6.45) is 0.115. The summed E-state index contributed by atoms with van der Waals surface area (Å²) in [7, 11) is 0. The predicted octanol–water partition coefficient (Wildman–Crippen LogP) is 1.02. The fourth-order valence-corrected chi connectivity index (χ4v) is 1.39. The quantitative estimate of drug-likeness (QED) is 0.656. The van der Waals surface area contributed by atoms with Gasteiger partial charge in [0, 0.05) is 0 Å². The highest BCUT2D eigenvalue weighted by atomic mass is 16.5. The van der Waals surface area contributed by atoms with Crippen molar-refractivity contribution in [1.82, 2.24) is 9.97 Å². The van der Waals surface area contributed by atoms with Crippen molar-refractivity contribution >= 4 is 0 Å². The Balaban J connectivity index is 2.36. The number of fused-ring (bicyclic) bond motifs is 1. The van der Waals surface area contributed by atoms with E-state index in [1.807, 2.05) is 13.8 Å². The second-order valence-electron chi connectivity index (χ2n) is 3.23. The molecule has 1 aromatic heterocycles. The number of imidazole rings is 1. The molecule has 2 heterocycles. The normalized spacial score (nSPS) is 24.1. The first-order chi connectivity index (χ1) is 5.68. The van der Waals surface area contributed by atoms with Gasteiger partial charge in [-0.15, -0.1) is 0 Å². The first kappa shape index (κ1) is 7.76. The third-order valence-corrected chi connectivity index (χ3v) is 2.12. The molecule has 1 aliphatic rings. The van der Waals surface area contributed by atoms with Crippen molar-refractivity contribution in [2.24, 2.45) is 5.73 Å². The smallest absolute Gasteiger partial charge is 0.123 e. The molecule has 4 nitrogen and oxygen atoms in total. The lowest BCUT2D eigenvalue weighted by atomic mass is 10.3. The second-order valence-corrected chi connectivity index (χ2v) is 3.23. The minimum atomic E-state index is -0.0252. The zero-order valence-electron chi connectivity index (χ0n) is 7.29. The number of H-pyrrole nitrogens is 1. The van der Waals surface area contributed by atoms with Crippen molar-refractivity contribution in [2.75, 3.05) is 0 Å². The Morgan fingerprint density at radius 1 is 1.75 bits per heavy atom. The van der Waals surface area contributed by atoms with E-state index in [1.165, 1.54) is 0 Å². The van der Waals surface area contributed by atoms with Crippen LogP contribution in [0.5, 0.6) is 0 Å². The van der Waals surface area contributed by atoms with E-state index in [0.29, 0.717) is 6.61 Å². The highest BCUT2D eigenvalue weighted by Crippen LogP contribution is 2.28. The lowest BCUT2D eigenvalue weighted by molar-refractivity contribution is 0.0757. The number of ether oxygens (including phenoxy) is 1. The van der Waals surface area contributed by atoms with Crippen LogP contribution in [0, 0.1) is 0 Å². The minimum Gasteiger partial charge on any atom is -0.366 e. The summed E-state index contributed by atoms with van der Waals surface area (Å²) in [6, 6.07) is -0.0252. The highest BCUT2D eigenvalue weighted by molar-refractivity contribution is 5.20. The van der Waals surface area contributed by atoms with Crippen molar-refractivity contribution < 1.29 is 4.74 Å². The van der Waals surface area contributed by atoms with Crippen molar-refractivity contribution in [3.63, 3.8) is 0 Å². The second kappa shape index (κ2) is 2.57. The molecule has 0 aliphatic carbocycles. The standard InChI is InChI=1S/C8H13N3O/c1-4(9)8-10-6-3-12-5(2)7(6)11-8/h4-5H,3,9H2,1-2H3,(H,10,11)/t4-,5?/m1/s1. The van der Waals surface area contributed by atoms with E-state index in [4.69, 9.17) is 10.5 Å². The number of hydrogen-bond donors (Lipinski definition) is 2. The molecule has 0 saturated heterocycles. The van der Waals surface area contributed by atoms with E-state index in [2.05, 4.69) is 9.97 Å². The first-order valence-corrected chi connectivity index (χ1v) is 4.14. The number of nitrogens with zero attached hydrogens (tertiary/aromatic N) is 1. The molecule has 12 heavy (non-hydrogen) atoms. The monoisotopic (exact) mass is 167 g/mol. The van der Waals surface area contributed by atoms with Crippen LogP contribution in [-0.2, 0) is 11.3 Å². The third-order valence-electron chi connectivity index (χ3n) is 2.12. The van der Waals surface area contributed by atoms with Crippen molar-refractivity contribution in [1.29, 1.82) is 0 Å². The molecule has 1 unspecified atom stereocenters. The van der Waals surface area contributed by atoms with Crippen LogP contribution >= 0.6 is 0 Å². The van der Waals surface area contributed by atoms with Gasteiger partial charge in [0.2, 0.25) is 0 Å². The molecule has 1 aromatic rings. The summed E-state index contributed by atoms with van der Waals surface area (Å²) in [5.41, 5.74) is 7.78. The number of nitrogens with two attached hydrogens (primary N) is 1.